The Balaban J connectivity index is 2.41. The zero-order chi connectivity index (χ0) is 11.7. The first kappa shape index (κ1) is 11.2. The average Bonchev–Trinajstić information content (AvgIpc) is 2.82. The number of nitrogens with zero attached hydrogens (tertiary/aromatic N) is 3. The summed E-state index contributed by atoms with van der Waals surface area (Å²) in [5, 5.41) is 4.14. The van der Waals surface area contributed by atoms with Gasteiger partial charge in [-0.25, -0.2) is 4.98 Å². The lowest BCUT2D eigenvalue weighted by Gasteiger charge is -2.00. The van der Waals surface area contributed by atoms with Gasteiger partial charge in [-0.3, -0.25) is 4.68 Å². The van der Waals surface area contributed by atoms with E-state index in [1.54, 1.807) is 6.20 Å². The molecule has 0 aliphatic heterocycles. The molecule has 16 heavy (non-hydrogen) atoms. The highest BCUT2D eigenvalue weighted by molar-refractivity contribution is 6.20. The molecule has 0 bridgehead atoms. The van der Waals surface area contributed by atoms with Crippen molar-refractivity contribution in [2.24, 2.45) is 0 Å². The van der Waals surface area contributed by atoms with Crippen LogP contribution in [0.1, 0.15) is 30.8 Å². The minimum atomic E-state index is -0.215. The van der Waals surface area contributed by atoms with Gasteiger partial charge in [0.2, 0.25) is 5.89 Å². The molecule has 86 valence electrons. The van der Waals surface area contributed by atoms with E-state index in [9.17, 15) is 0 Å². The number of hydrogen-bond acceptors (Lipinski definition) is 3. The van der Waals surface area contributed by atoms with Gasteiger partial charge in [0.05, 0.1) is 11.9 Å². The van der Waals surface area contributed by atoms with Crippen molar-refractivity contribution in [1.29, 1.82) is 0 Å². The third kappa shape index (κ3) is 1.97. The van der Waals surface area contributed by atoms with Crippen LogP contribution in [-0.4, -0.2) is 14.8 Å². The lowest BCUT2D eigenvalue weighted by Crippen LogP contribution is -1.98. The van der Waals surface area contributed by atoms with Gasteiger partial charge in [0.25, 0.3) is 0 Å². The molecule has 1 atom stereocenters. The second kappa shape index (κ2) is 4.29. The van der Waals surface area contributed by atoms with Crippen LogP contribution in [0.25, 0.3) is 11.5 Å². The molecule has 0 aliphatic carbocycles. The van der Waals surface area contributed by atoms with E-state index in [1.165, 1.54) is 0 Å². The summed E-state index contributed by atoms with van der Waals surface area (Å²) in [6, 6.07) is 1.98. The maximum Gasteiger partial charge on any atom is 0.212 e. The first-order valence-corrected chi connectivity index (χ1v) is 5.70. The zero-order valence-corrected chi connectivity index (χ0v) is 10.3. The predicted octanol–water partition coefficient (Wildman–Crippen LogP) is 3.17. The molecule has 2 aromatic rings. The van der Waals surface area contributed by atoms with E-state index in [1.807, 2.05) is 31.5 Å². The van der Waals surface area contributed by atoms with Crippen LogP contribution in [0.2, 0.25) is 0 Å². The minimum absolute atomic E-state index is 0.215. The maximum absolute atomic E-state index is 5.90. The summed E-state index contributed by atoms with van der Waals surface area (Å²) < 4.78 is 7.47. The van der Waals surface area contributed by atoms with E-state index in [2.05, 4.69) is 10.1 Å². The molecule has 0 aliphatic rings. The fourth-order valence-electron chi connectivity index (χ4n) is 1.57. The topological polar surface area (TPSA) is 43.9 Å². The summed E-state index contributed by atoms with van der Waals surface area (Å²) >= 11 is 5.90. The molecular formula is C11H14ClN3O. The van der Waals surface area contributed by atoms with Gasteiger partial charge < -0.3 is 4.42 Å². The first-order valence-electron chi connectivity index (χ1n) is 5.26. The summed E-state index contributed by atoms with van der Waals surface area (Å²) in [5.74, 6) is 1.25. The molecule has 0 aromatic carbocycles. The molecule has 1 unspecified atom stereocenters. The van der Waals surface area contributed by atoms with Crippen LogP contribution in [-0.2, 0) is 6.54 Å². The van der Waals surface area contributed by atoms with Crippen LogP contribution in [0.15, 0.2) is 16.7 Å². The Kier molecular flexibility index (Phi) is 3.01. The fraction of sp³-hybridized carbons (Fsp3) is 0.455. The summed E-state index contributed by atoms with van der Waals surface area (Å²) in [5.41, 5.74) is 1.91. The molecule has 0 spiro atoms. The highest BCUT2D eigenvalue weighted by Gasteiger charge is 2.14. The Morgan fingerprint density at radius 3 is 2.88 bits per heavy atom. The van der Waals surface area contributed by atoms with E-state index >= 15 is 0 Å². The van der Waals surface area contributed by atoms with Crippen molar-refractivity contribution in [1.82, 2.24) is 14.8 Å². The maximum atomic E-state index is 5.90. The van der Waals surface area contributed by atoms with Gasteiger partial charge in [-0.05, 0) is 26.8 Å². The number of alkyl halides is 1. The fourth-order valence-corrected chi connectivity index (χ4v) is 1.68. The van der Waals surface area contributed by atoms with Crippen molar-refractivity contribution >= 4 is 11.6 Å². The van der Waals surface area contributed by atoms with Gasteiger partial charge >= 0.3 is 0 Å². The van der Waals surface area contributed by atoms with Crippen molar-refractivity contribution in [3.05, 3.63) is 23.8 Å². The van der Waals surface area contributed by atoms with Gasteiger partial charge in [-0.1, -0.05) is 0 Å². The summed E-state index contributed by atoms with van der Waals surface area (Å²) in [7, 11) is 0. The van der Waals surface area contributed by atoms with Gasteiger partial charge in [-0.2, -0.15) is 5.10 Å². The number of halogens is 1. The van der Waals surface area contributed by atoms with E-state index in [-0.39, 0.29) is 5.38 Å². The highest BCUT2D eigenvalue weighted by Crippen LogP contribution is 2.26. The standard InChI is InChI=1S/C11H14ClN3O/c1-4-15-9(5-7(2)14-15)10-6-13-11(16-10)8(3)12/h5-6,8H,4H2,1-3H3. The molecule has 0 amide bonds. The molecule has 4 nitrogen and oxygen atoms in total. The Bertz CT molecular complexity index is 487. The van der Waals surface area contributed by atoms with Crippen LogP contribution in [0.4, 0.5) is 0 Å². The molecule has 2 aromatic heterocycles. The molecule has 5 heteroatoms. The number of rotatable bonds is 3. The average molecular weight is 240 g/mol. The third-order valence-electron chi connectivity index (χ3n) is 2.32. The highest BCUT2D eigenvalue weighted by atomic mass is 35.5. The smallest absolute Gasteiger partial charge is 0.212 e. The summed E-state index contributed by atoms with van der Waals surface area (Å²) in [4.78, 5) is 4.14. The molecule has 2 rings (SSSR count). The molecular weight excluding hydrogens is 226 g/mol. The lowest BCUT2D eigenvalue weighted by molar-refractivity contribution is 0.501. The minimum Gasteiger partial charge on any atom is -0.437 e. The van der Waals surface area contributed by atoms with Crippen molar-refractivity contribution in [3.8, 4) is 11.5 Å². The summed E-state index contributed by atoms with van der Waals surface area (Å²) in [6.07, 6.45) is 1.69. The van der Waals surface area contributed by atoms with Gasteiger partial charge in [0.1, 0.15) is 11.1 Å². The van der Waals surface area contributed by atoms with Crippen LogP contribution in [0.5, 0.6) is 0 Å². The largest absolute Gasteiger partial charge is 0.437 e. The number of oxazole rings is 1. The monoisotopic (exact) mass is 239 g/mol. The molecule has 2 heterocycles. The van der Waals surface area contributed by atoms with Crippen LogP contribution in [0, 0.1) is 6.92 Å². The van der Waals surface area contributed by atoms with E-state index in [0.29, 0.717) is 11.7 Å². The van der Waals surface area contributed by atoms with Crippen molar-refractivity contribution in [3.63, 3.8) is 0 Å². The quantitative estimate of drug-likeness (QED) is 0.773. The Morgan fingerprint density at radius 2 is 2.31 bits per heavy atom. The van der Waals surface area contributed by atoms with Crippen LogP contribution >= 0.6 is 11.6 Å². The lowest BCUT2D eigenvalue weighted by atomic mass is 10.3. The molecule has 0 saturated heterocycles. The second-order valence-electron chi connectivity index (χ2n) is 3.67. The third-order valence-corrected chi connectivity index (χ3v) is 2.50. The van der Waals surface area contributed by atoms with Crippen molar-refractivity contribution in [2.45, 2.75) is 32.7 Å². The Labute approximate surface area is 99.2 Å². The zero-order valence-electron chi connectivity index (χ0n) is 9.57. The predicted molar refractivity (Wildman–Crippen MR) is 62.4 cm³/mol. The van der Waals surface area contributed by atoms with E-state index < -0.39 is 0 Å². The Hall–Kier alpha value is -1.29. The van der Waals surface area contributed by atoms with Crippen molar-refractivity contribution < 1.29 is 4.42 Å². The van der Waals surface area contributed by atoms with E-state index in [4.69, 9.17) is 16.0 Å². The normalized spacial score (nSPS) is 13.0. The molecule has 0 N–H and O–H groups in total. The summed E-state index contributed by atoms with van der Waals surface area (Å²) in [6.45, 7) is 6.63. The van der Waals surface area contributed by atoms with Crippen LogP contribution in [0.3, 0.4) is 0 Å². The Morgan fingerprint density at radius 1 is 1.56 bits per heavy atom. The SMILES string of the molecule is CCn1nc(C)cc1-c1cnc(C(C)Cl)o1. The number of aryl methyl sites for hydroxylation is 2. The van der Waals surface area contributed by atoms with Gasteiger partial charge in [0.15, 0.2) is 5.76 Å². The second-order valence-corrected chi connectivity index (χ2v) is 4.32. The molecule has 0 saturated carbocycles. The van der Waals surface area contributed by atoms with E-state index in [0.717, 1.165) is 17.9 Å². The van der Waals surface area contributed by atoms with Crippen LogP contribution < -0.4 is 0 Å². The first-order chi connectivity index (χ1) is 7.61. The molecule has 0 radical (unpaired) electrons. The van der Waals surface area contributed by atoms with Crippen molar-refractivity contribution in [2.75, 3.05) is 0 Å². The molecule has 0 fully saturated rings. The van der Waals surface area contributed by atoms with Gasteiger partial charge in [0, 0.05) is 6.54 Å². The number of aromatic nitrogens is 3. The number of hydrogen-bond donors (Lipinski definition) is 0. The van der Waals surface area contributed by atoms with Gasteiger partial charge in [-0.15, -0.1) is 11.6 Å².